The number of alkyl carbamates (subject to hydrolysis) is 1. The fourth-order valence-corrected chi connectivity index (χ4v) is 3.09. The van der Waals surface area contributed by atoms with Gasteiger partial charge >= 0.3 is 6.09 Å². The fourth-order valence-electron chi connectivity index (χ4n) is 3.09. The summed E-state index contributed by atoms with van der Waals surface area (Å²) in [5.41, 5.74) is -0.423. The molecule has 1 aliphatic rings. The van der Waals surface area contributed by atoms with E-state index in [2.05, 4.69) is 17.6 Å². The van der Waals surface area contributed by atoms with Crippen LogP contribution in [0, 0.1) is 5.92 Å². The Balaban J connectivity index is 2.27. The van der Waals surface area contributed by atoms with E-state index in [4.69, 9.17) is 4.74 Å². The molecule has 0 aromatic heterocycles. The average molecular weight is 312 g/mol. The van der Waals surface area contributed by atoms with Crippen LogP contribution in [0.3, 0.4) is 0 Å². The minimum absolute atomic E-state index is 0.292. The summed E-state index contributed by atoms with van der Waals surface area (Å²) in [6, 6.07) is 0.547. The highest BCUT2D eigenvalue weighted by Crippen LogP contribution is 2.24. The summed E-state index contributed by atoms with van der Waals surface area (Å²) in [5, 5.41) is 6.66. The zero-order chi connectivity index (χ0) is 16.4. The lowest BCUT2D eigenvalue weighted by molar-refractivity contribution is 0.0510. The van der Waals surface area contributed by atoms with Crippen molar-refractivity contribution in [3.05, 3.63) is 0 Å². The molecule has 0 radical (unpaired) electrons. The maximum Gasteiger partial charge on any atom is 0.407 e. The summed E-state index contributed by atoms with van der Waals surface area (Å²) in [6.07, 6.45) is 9.90. The van der Waals surface area contributed by atoms with Gasteiger partial charge in [0.05, 0.1) is 0 Å². The molecule has 22 heavy (non-hydrogen) atoms. The van der Waals surface area contributed by atoms with E-state index in [0.29, 0.717) is 12.0 Å². The Morgan fingerprint density at radius 1 is 1.14 bits per heavy atom. The van der Waals surface area contributed by atoms with Crippen LogP contribution in [0.4, 0.5) is 4.79 Å². The third kappa shape index (κ3) is 8.62. The molecule has 0 saturated heterocycles. The maximum atomic E-state index is 11.8. The highest BCUT2D eigenvalue weighted by molar-refractivity contribution is 5.67. The number of hydrogen-bond acceptors (Lipinski definition) is 3. The van der Waals surface area contributed by atoms with E-state index in [1.807, 2.05) is 20.8 Å². The Hall–Kier alpha value is -0.770. The minimum atomic E-state index is -0.423. The molecule has 4 heteroatoms. The Morgan fingerprint density at radius 2 is 1.86 bits per heavy atom. The van der Waals surface area contributed by atoms with Crippen molar-refractivity contribution in [3.8, 4) is 0 Å². The second kappa shape index (κ2) is 10.1. The molecule has 4 nitrogen and oxygen atoms in total. The number of unbranched alkanes of at least 4 members (excludes halogenated alkanes) is 3. The van der Waals surface area contributed by atoms with Crippen molar-refractivity contribution in [2.45, 2.75) is 90.7 Å². The van der Waals surface area contributed by atoms with Crippen LogP contribution >= 0.6 is 0 Å². The van der Waals surface area contributed by atoms with Gasteiger partial charge in [0.25, 0.3) is 0 Å². The Bertz CT molecular complexity index is 313. The zero-order valence-electron chi connectivity index (χ0n) is 15.0. The van der Waals surface area contributed by atoms with Crippen molar-refractivity contribution in [2.75, 3.05) is 13.1 Å². The number of amides is 1. The van der Waals surface area contributed by atoms with Gasteiger partial charge in [-0.15, -0.1) is 0 Å². The molecule has 130 valence electrons. The highest BCUT2D eigenvalue weighted by atomic mass is 16.6. The van der Waals surface area contributed by atoms with Gasteiger partial charge in [0.15, 0.2) is 0 Å². The van der Waals surface area contributed by atoms with Crippen LogP contribution in [0.5, 0.6) is 0 Å². The van der Waals surface area contributed by atoms with Crippen molar-refractivity contribution < 1.29 is 9.53 Å². The highest BCUT2D eigenvalue weighted by Gasteiger charge is 2.25. The molecular weight excluding hydrogens is 276 g/mol. The van der Waals surface area contributed by atoms with Crippen molar-refractivity contribution in [1.82, 2.24) is 10.6 Å². The summed E-state index contributed by atoms with van der Waals surface area (Å²) >= 11 is 0. The normalized spacial score (nSPS) is 22.4. The summed E-state index contributed by atoms with van der Waals surface area (Å²) < 4.78 is 5.32. The van der Waals surface area contributed by atoms with E-state index >= 15 is 0 Å². The molecule has 2 unspecified atom stereocenters. The number of carbonyl (C=O) groups excluding carboxylic acids is 1. The maximum absolute atomic E-state index is 11.8. The van der Waals surface area contributed by atoms with Gasteiger partial charge in [-0.3, -0.25) is 0 Å². The summed E-state index contributed by atoms with van der Waals surface area (Å²) in [7, 11) is 0. The van der Waals surface area contributed by atoms with Crippen LogP contribution in [0.25, 0.3) is 0 Å². The lowest BCUT2D eigenvalue weighted by atomic mass is 9.84. The third-order valence-corrected chi connectivity index (χ3v) is 4.25. The smallest absolute Gasteiger partial charge is 0.407 e. The number of rotatable bonds is 8. The van der Waals surface area contributed by atoms with Crippen LogP contribution < -0.4 is 10.6 Å². The standard InChI is InChI=1S/C18H36N2O2/c1-5-6-7-10-13-19-16-12-9-8-11-15(16)14-20-17(21)22-18(2,3)4/h15-16,19H,5-14H2,1-4H3,(H,20,21). The first-order valence-electron chi connectivity index (χ1n) is 9.12. The van der Waals surface area contributed by atoms with Crippen LogP contribution in [-0.4, -0.2) is 30.8 Å². The number of carbonyl (C=O) groups is 1. The molecule has 2 atom stereocenters. The number of hydrogen-bond donors (Lipinski definition) is 2. The predicted octanol–water partition coefficient (Wildman–Crippen LogP) is 4.24. The molecule has 0 aromatic rings. The van der Waals surface area contributed by atoms with E-state index in [1.54, 1.807) is 0 Å². The van der Waals surface area contributed by atoms with E-state index in [9.17, 15) is 4.79 Å². The lowest BCUT2D eigenvalue weighted by Crippen LogP contribution is -2.45. The van der Waals surface area contributed by atoms with E-state index < -0.39 is 5.60 Å². The van der Waals surface area contributed by atoms with Crippen molar-refractivity contribution in [2.24, 2.45) is 5.92 Å². The molecule has 0 aliphatic heterocycles. The first kappa shape index (κ1) is 19.3. The second-order valence-corrected chi connectivity index (χ2v) is 7.55. The van der Waals surface area contributed by atoms with E-state index in [-0.39, 0.29) is 6.09 Å². The fraction of sp³-hybridized carbons (Fsp3) is 0.944. The van der Waals surface area contributed by atoms with Crippen LogP contribution in [0.2, 0.25) is 0 Å². The van der Waals surface area contributed by atoms with Gasteiger partial charge in [-0.25, -0.2) is 4.79 Å². The lowest BCUT2D eigenvalue weighted by Gasteiger charge is -2.33. The first-order chi connectivity index (χ1) is 10.4. The zero-order valence-corrected chi connectivity index (χ0v) is 15.0. The summed E-state index contributed by atoms with van der Waals surface area (Å²) in [6.45, 7) is 9.76. The Labute approximate surface area is 136 Å². The SMILES string of the molecule is CCCCCCNC1CCCCC1CNC(=O)OC(C)(C)C. The van der Waals surface area contributed by atoms with Gasteiger partial charge in [-0.05, 0) is 52.5 Å². The average Bonchev–Trinajstić information content (AvgIpc) is 2.44. The number of ether oxygens (including phenoxy) is 1. The first-order valence-corrected chi connectivity index (χ1v) is 9.12. The van der Waals surface area contributed by atoms with Gasteiger partial charge in [0, 0.05) is 12.6 Å². The molecule has 1 saturated carbocycles. The molecule has 0 spiro atoms. The number of nitrogens with one attached hydrogen (secondary N) is 2. The molecular formula is C18H36N2O2. The van der Waals surface area contributed by atoms with E-state index in [1.165, 1.54) is 51.4 Å². The molecule has 1 fully saturated rings. The topological polar surface area (TPSA) is 50.4 Å². The second-order valence-electron chi connectivity index (χ2n) is 7.55. The van der Waals surface area contributed by atoms with Gasteiger partial charge in [-0.1, -0.05) is 39.0 Å². The molecule has 1 amide bonds. The molecule has 0 heterocycles. The predicted molar refractivity (Wildman–Crippen MR) is 92.1 cm³/mol. The Morgan fingerprint density at radius 3 is 2.55 bits per heavy atom. The monoisotopic (exact) mass is 312 g/mol. The van der Waals surface area contributed by atoms with Crippen LogP contribution in [0.1, 0.15) is 79.1 Å². The molecule has 1 aliphatic carbocycles. The largest absolute Gasteiger partial charge is 0.444 e. The van der Waals surface area contributed by atoms with Crippen LogP contribution in [-0.2, 0) is 4.74 Å². The summed E-state index contributed by atoms with van der Waals surface area (Å²) in [5.74, 6) is 0.535. The Kier molecular flexibility index (Phi) is 8.84. The quantitative estimate of drug-likeness (QED) is 0.659. The molecule has 2 N–H and O–H groups in total. The summed E-state index contributed by atoms with van der Waals surface area (Å²) in [4.78, 5) is 11.8. The van der Waals surface area contributed by atoms with Gasteiger partial charge in [-0.2, -0.15) is 0 Å². The van der Waals surface area contributed by atoms with Gasteiger partial charge in [0.1, 0.15) is 5.60 Å². The molecule has 0 aromatic carbocycles. The van der Waals surface area contributed by atoms with E-state index in [0.717, 1.165) is 13.1 Å². The van der Waals surface area contributed by atoms with Crippen molar-refractivity contribution in [1.29, 1.82) is 0 Å². The minimum Gasteiger partial charge on any atom is -0.444 e. The van der Waals surface area contributed by atoms with Crippen LogP contribution in [0.15, 0.2) is 0 Å². The molecule has 0 bridgehead atoms. The third-order valence-electron chi connectivity index (χ3n) is 4.25. The van der Waals surface area contributed by atoms with Gasteiger partial charge in [0.2, 0.25) is 0 Å². The molecule has 1 rings (SSSR count). The van der Waals surface area contributed by atoms with Crippen molar-refractivity contribution in [3.63, 3.8) is 0 Å². The van der Waals surface area contributed by atoms with Gasteiger partial charge < -0.3 is 15.4 Å². The van der Waals surface area contributed by atoms with Crippen molar-refractivity contribution >= 4 is 6.09 Å².